The molecule has 1 unspecified atom stereocenters. The predicted octanol–water partition coefficient (Wildman–Crippen LogP) is 5.82. The van der Waals surface area contributed by atoms with E-state index in [0.717, 1.165) is 27.7 Å². The Morgan fingerprint density at radius 3 is 2.48 bits per heavy atom. The first-order chi connectivity index (χ1) is 15.9. The largest absolute Gasteiger partial charge is 0.481 e. The Balaban J connectivity index is 1.72. The first-order valence-electron chi connectivity index (χ1n) is 10.7. The van der Waals surface area contributed by atoms with Gasteiger partial charge >= 0.3 is 5.97 Å². The number of pyridine rings is 1. The molecule has 7 heteroatoms. The molecule has 1 heterocycles. The van der Waals surface area contributed by atoms with Crippen LogP contribution in [0.25, 0.3) is 23.1 Å². The molecule has 0 aliphatic rings. The lowest BCUT2D eigenvalue weighted by atomic mass is 10.1. The first-order valence-corrected chi connectivity index (χ1v) is 12.8. The summed E-state index contributed by atoms with van der Waals surface area (Å²) in [6, 6.07) is 20.4. The number of benzene rings is 2. The van der Waals surface area contributed by atoms with Crippen LogP contribution in [0, 0.1) is 0 Å². The number of carbonyl (C=O) groups excluding carboxylic acids is 1. The maximum Gasteiger partial charge on any atom is 0.304 e. The highest BCUT2D eigenvalue weighted by molar-refractivity contribution is 8.16. The smallest absolute Gasteiger partial charge is 0.304 e. The third-order valence-electron chi connectivity index (χ3n) is 4.92. The van der Waals surface area contributed by atoms with E-state index in [-0.39, 0.29) is 16.9 Å². The second-order valence-electron chi connectivity index (χ2n) is 7.69. The molecule has 0 saturated carbocycles. The van der Waals surface area contributed by atoms with E-state index in [1.807, 2.05) is 54.6 Å². The van der Waals surface area contributed by atoms with Gasteiger partial charge in [0.25, 0.3) is 0 Å². The standard InChI is InChI=1S/C26H28N2O3S2/c1-28(2)24(29)14-16-32-26(33-17-15-25(30)31)21-8-5-6-19(18-21)10-12-22-13-11-20-7-3-4-9-23(20)27-22/h3-13,18,26H,14-17H2,1-2H3,(H,30,31). The molecule has 0 saturated heterocycles. The van der Waals surface area contributed by atoms with Crippen LogP contribution in [0.3, 0.4) is 0 Å². The lowest BCUT2D eigenvalue weighted by Gasteiger charge is -2.18. The number of amides is 1. The average molecular weight is 481 g/mol. The molecule has 3 rings (SSSR count). The molecule has 0 aliphatic carbocycles. The van der Waals surface area contributed by atoms with E-state index < -0.39 is 5.97 Å². The SMILES string of the molecule is CN(C)C(=O)CCSC(SCCC(=O)O)c1cccc(C=Cc2ccc3ccccc3n2)c1. The van der Waals surface area contributed by atoms with Gasteiger partial charge in [-0.2, -0.15) is 0 Å². The molecule has 33 heavy (non-hydrogen) atoms. The van der Waals surface area contributed by atoms with Crippen molar-refractivity contribution in [3.05, 3.63) is 77.5 Å². The summed E-state index contributed by atoms with van der Waals surface area (Å²) < 4.78 is 0.0615. The zero-order chi connectivity index (χ0) is 23.6. The Kier molecular flexibility index (Phi) is 9.39. The van der Waals surface area contributed by atoms with Crippen LogP contribution in [0.15, 0.2) is 60.7 Å². The number of thioether (sulfide) groups is 2. The fourth-order valence-electron chi connectivity index (χ4n) is 3.14. The molecule has 2 aromatic carbocycles. The predicted molar refractivity (Wildman–Crippen MR) is 140 cm³/mol. The van der Waals surface area contributed by atoms with Crippen LogP contribution in [0.5, 0.6) is 0 Å². The van der Waals surface area contributed by atoms with E-state index >= 15 is 0 Å². The highest BCUT2D eigenvalue weighted by Gasteiger charge is 2.15. The van der Waals surface area contributed by atoms with Gasteiger partial charge in [0.2, 0.25) is 5.91 Å². The minimum Gasteiger partial charge on any atom is -0.481 e. The van der Waals surface area contributed by atoms with Gasteiger partial charge in [0, 0.05) is 37.4 Å². The lowest BCUT2D eigenvalue weighted by molar-refractivity contribution is -0.136. The monoisotopic (exact) mass is 480 g/mol. The van der Waals surface area contributed by atoms with Crippen molar-refractivity contribution < 1.29 is 14.7 Å². The first kappa shape index (κ1) is 24.9. The molecule has 0 bridgehead atoms. The van der Waals surface area contributed by atoms with Crippen molar-refractivity contribution in [2.24, 2.45) is 0 Å². The van der Waals surface area contributed by atoms with Crippen molar-refractivity contribution in [2.75, 3.05) is 25.6 Å². The molecule has 172 valence electrons. The summed E-state index contributed by atoms with van der Waals surface area (Å²) in [5, 5.41) is 10.1. The highest BCUT2D eigenvalue weighted by atomic mass is 32.2. The Hall–Kier alpha value is -2.77. The van der Waals surface area contributed by atoms with Crippen molar-refractivity contribution in [1.29, 1.82) is 0 Å². The van der Waals surface area contributed by atoms with Gasteiger partial charge in [-0.1, -0.05) is 48.5 Å². The number of hydrogen-bond donors (Lipinski definition) is 1. The van der Waals surface area contributed by atoms with Gasteiger partial charge in [0.15, 0.2) is 0 Å². The van der Waals surface area contributed by atoms with E-state index in [1.54, 1.807) is 42.5 Å². The molecule has 1 atom stereocenters. The molecular weight excluding hydrogens is 452 g/mol. The molecule has 5 nitrogen and oxygen atoms in total. The zero-order valence-electron chi connectivity index (χ0n) is 18.8. The topological polar surface area (TPSA) is 70.5 Å². The maximum absolute atomic E-state index is 11.9. The summed E-state index contributed by atoms with van der Waals surface area (Å²) in [6.45, 7) is 0. The molecule has 1 aromatic heterocycles. The highest BCUT2D eigenvalue weighted by Crippen LogP contribution is 2.40. The van der Waals surface area contributed by atoms with Gasteiger partial charge in [0.05, 0.1) is 22.2 Å². The number of carboxylic acids is 1. The number of fused-ring (bicyclic) bond motifs is 1. The number of nitrogens with zero attached hydrogens (tertiary/aromatic N) is 2. The molecule has 1 N–H and O–H groups in total. The third-order valence-corrected chi connectivity index (χ3v) is 7.76. The number of carbonyl (C=O) groups is 2. The molecule has 0 spiro atoms. The second kappa shape index (κ2) is 12.5. The Morgan fingerprint density at radius 1 is 0.970 bits per heavy atom. The lowest BCUT2D eigenvalue weighted by Crippen LogP contribution is -2.21. The Labute approximate surface area is 203 Å². The minimum atomic E-state index is -0.798. The van der Waals surface area contributed by atoms with E-state index in [1.165, 1.54) is 0 Å². The van der Waals surface area contributed by atoms with Crippen molar-refractivity contribution in [1.82, 2.24) is 9.88 Å². The van der Waals surface area contributed by atoms with Crippen LogP contribution in [0.1, 0.15) is 34.2 Å². The van der Waals surface area contributed by atoms with Crippen LogP contribution in [0.4, 0.5) is 0 Å². The number of rotatable bonds is 11. The minimum absolute atomic E-state index is 0.0615. The quantitative estimate of drug-likeness (QED) is 0.349. The normalized spacial score (nSPS) is 12.2. The summed E-state index contributed by atoms with van der Waals surface area (Å²) in [6.07, 6.45) is 4.62. The van der Waals surface area contributed by atoms with Crippen LogP contribution in [-0.4, -0.2) is 52.5 Å². The molecule has 0 fully saturated rings. The fourth-order valence-corrected chi connectivity index (χ4v) is 5.79. The molecule has 3 aromatic rings. The summed E-state index contributed by atoms with van der Waals surface area (Å²) in [5.41, 5.74) is 4.02. The van der Waals surface area contributed by atoms with Crippen molar-refractivity contribution >= 4 is 58.5 Å². The van der Waals surface area contributed by atoms with E-state index in [2.05, 4.69) is 23.2 Å². The van der Waals surface area contributed by atoms with Gasteiger partial charge in [-0.3, -0.25) is 9.59 Å². The van der Waals surface area contributed by atoms with Gasteiger partial charge in [-0.25, -0.2) is 4.98 Å². The summed E-state index contributed by atoms with van der Waals surface area (Å²) in [7, 11) is 3.51. The van der Waals surface area contributed by atoms with Gasteiger partial charge in [-0.15, -0.1) is 23.5 Å². The van der Waals surface area contributed by atoms with E-state index in [9.17, 15) is 9.59 Å². The number of hydrogen-bond acceptors (Lipinski definition) is 5. The average Bonchev–Trinajstić information content (AvgIpc) is 2.81. The summed E-state index contributed by atoms with van der Waals surface area (Å²) in [4.78, 5) is 29.2. The number of aliphatic carboxylic acids is 1. The number of carboxylic acid groups (broad SMARTS) is 1. The van der Waals surface area contributed by atoms with E-state index in [0.29, 0.717) is 17.9 Å². The van der Waals surface area contributed by atoms with Gasteiger partial charge in [-0.05, 0) is 35.4 Å². The van der Waals surface area contributed by atoms with Crippen molar-refractivity contribution in [2.45, 2.75) is 17.4 Å². The van der Waals surface area contributed by atoms with Gasteiger partial charge < -0.3 is 10.0 Å². The zero-order valence-corrected chi connectivity index (χ0v) is 20.4. The number of aromatic nitrogens is 1. The van der Waals surface area contributed by atoms with Crippen molar-refractivity contribution in [3.8, 4) is 0 Å². The molecule has 0 radical (unpaired) electrons. The third kappa shape index (κ3) is 7.94. The summed E-state index contributed by atoms with van der Waals surface area (Å²) in [5.74, 6) is 0.503. The van der Waals surface area contributed by atoms with Crippen LogP contribution in [-0.2, 0) is 9.59 Å². The van der Waals surface area contributed by atoms with Gasteiger partial charge in [0.1, 0.15) is 0 Å². The molecule has 1 amide bonds. The maximum atomic E-state index is 11.9. The fraction of sp³-hybridized carbons (Fsp3) is 0.269. The van der Waals surface area contributed by atoms with E-state index in [4.69, 9.17) is 5.11 Å². The Bertz CT molecular complexity index is 1130. The summed E-state index contributed by atoms with van der Waals surface area (Å²) >= 11 is 3.29. The van der Waals surface area contributed by atoms with Crippen LogP contribution in [0.2, 0.25) is 0 Å². The number of para-hydroxylation sites is 1. The molecular formula is C26H28N2O3S2. The van der Waals surface area contributed by atoms with Crippen LogP contribution >= 0.6 is 23.5 Å². The van der Waals surface area contributed by atoms with Crippen molar-refractivity contribution in [3.63, 3.8) is 0 Å². The second-order valence-corrected chi connectivity index (χ2v) is 10.4. The Morgan fingerprint density at radius 2 is 1.73 bits per heavy atom. The van der Waals surface area contributed by atoms with Crippen LogP contribution < -0.4 is 0 Å². The molecule has 0 aliphatic heterocycles.